The van der Waals surface area contributed by atoms with Gasteiger partial charge in [0.25, 0.3) is 0 Å². The third-order valence-corrected chi connectivity index (χ3v) is 6.45. The summed E-state index contributed by atoms with van der Waals surface area (Å²) in [5.74, 6) is 0. The Morgan fingerprint density at radius 3 is 1.85 bits per heavy atom. The van der Waals surface area contributed by atoms with Gasteiger partial charge in [-0.05, 0) is 0 Å². The molecule has 0 saturated carbocycles. The molecule has 0 spiro atoms. The van der Waals surface area contributed by atoms with Crippen LogP contribution < -0.4 is 0 Å². The van der Waals surface area contributed by atoms with E-state index in [-0.39, 0.29) is 24.8 Å². The molecule has 0 atom stereocenters. The van der Waals surface area contributed by atoms with Crippen LogP contribution in [0.3, 0.4) is 0 Å². The molecule has 0 radical (unpaired) electrons. The molecule has 1 rings (SSSR count). The molecule has 0 fully saturated rings. The van der Waals surface area contributed by atoms with Crippen molar-refractivity contribution >= 4 is 32.9 Å². The molecular weight excluding hydrogens is 386 g/mol. The average molecular weight is 403 g/mol. The van der Waals surface area contributed by atoms with Crippen molar-refractivity contribution in [2.45, 2.75) is 33.0 Å². The van der Waals surface area contributed by atoms with Crippen molar-refractivity contribution < 1.29 is 24.4 Å². The molecule has 1 aliphatic carbocycles. The maximum absolute atomic E-state index is 2.46. The fourth-order valence-electron chi connectivity index (χ4n) is 1.54. The van der Waals surface area contributed by atoms with Gasteiger partial charge in [-0.15, -0.1) is 24.8 Å². The number of rotatable bonds is 1. The molecule has 4 heteroatoms. The van der Waals surface area contributed by atoms with Crippen molar-refractivity contribution in [3.63, 3.8) is 0 Å². The first-order valence-corrected chi connectivity index (χ1v) is 9.35. The Bertz CT molecular complexity index is 238. The van der Waals surface area contributed by atoms with E-state index in [1.54, 1.807) is 14.1 Å². The summed E-state index contributed by atoms with van der Waals surface area (Å²) in [6.45, 7) is 9.60. The Kier molecular flexibility index (Phi) is 7.51. The van der Waals surface area contributed by atoms with E-state index in [0.717, 1.165) is 0 Å². The molecule has 75 valence electrons. The number of hydrogen-bond acceptors (Lipinski definition) is 0. The zero-order valence-electron chi connectivity index (χ0n) is 8.60. The Labute approximate surface area is 110 Å². The average Bonchev–Trinajstić information content (AvgIpc) is 2.11. The molecule has 0 bridgehead atoms. The van der Waals surface area contributed by atoms with Gasteiger partial charge in [0.2, 0.25) is 0 Å². The normalized spacial score (nSPS) is 16.1. The van der Waals surface area contributed by atoms with Gasteiger partial charge in [0.15, 0.2) is 0 Å². The molecule has 13 heavy (non-hydrogen) atoms. The third-order valence-electron chi connectivity index (χ3n) is 2.17. The molecule has 0 aromatic rings. The van der Waals surface area contributed by atoms with E-state index >= 15 is 0 Å². The van der Waals surface area contributed by atoms with E-state index < -0.39 is 8.07 Å². The van der Waals surface area contributed by atoms with E-state index in [0.29, 0.717) is 0 Å². The number of halogens is 2. The summed E-state index contributed by atoms with van der Waals surface area (Å²) in [6, 6.07) is 0. The molecule has 0 saturated heterocycles. The standard InChI is InChI=1S/C9H15Si.2ClH.Hf/c1-8-6-5-7-9(8)10(2,3)4;;;/h7H,5H2,1-4H3;2*1H;. The van der Waals surface area contributed by atoms with Crippen LogP contribution >= 0.6 is 24.8 Å². The van der Waals surface area contributed by atoms with Gasteiger partial charge in [-0.3, -0.25) is 0 Å². The van der Waals surface area contributed by atoms with Crippen molar-refractivity contribution in [1.82, 2.24) is 0 Å². The van der Waals surface area contributed by atoms with Crippen molar-refractivity contribution in [2.24, 2.45) is 0 Å². The van der Waals surface area contributed by atoms with E-state index in [2.05, 4.69) is 32.6 Å². The van der Waals surface area contributed by atoms with Crippen LogP contribution in [-0.2, 0) is 24.4 Å². The van der Waals surface area contributed by atoms with Gasteiger partial charge in [-0.2, -0.15) is 0 Å². The second kappa shape index (κ2) is 5.89. The molecule has 0 nitrogen and oxygen atoms in total. The van der Waals surface area contributed by atoms with Gasteiger partial charge >= 0.3 is 85.6 Å². The van der Waals surface area contributed by atoms with Gasteiger partial charge < -0.3 is 0 Å². The van der Waals surface area contributed by atoms with Crippen molar-refractivity contribution in [3.05, 3.63) is 20.2 Å². The van der Waals surface area contributed by atoms with Crippen LogP contribution in [0.4, 0.5) is 0 Å². The van der Waals surface area contributed by atoms with Crippen LogP contribution in [0.1, 0.15) is 13.3 Å². The molecule has 0 heterocycles. The van der Waals surface area contributed by atoms with E-state index in [1.165, 1.54) is 30.8 Å². The maximum Gasteiger partial charge on any atom is -0.147 e. The van der Waals surface area contributed by atoms with Gasteiger partial charge in [-0.25, -0.2) is 0 Å². The predicted octanol–water partition coefficient (Wildman–Crippen LogP) is 3.86. The predicted molar refractivity (Wildman–Crippen MR) is 63.2 cm³/mol. The van der Waals surface area contributed by atoms with Crippen molar-refractivity contribution in [3.8, 4) is 0 Å². The Balaban J connectivity index is 0. The molecular formula is C9H17Cl2HfSi. The van der Waals surface area contributed by atoms with Crippen molar-refractivity contribution in [2.75, 3.05) is 0 Å². The summed E-state index contributed by atoms with van der Waals surface area (Å²) in [7, 11) is -1.00. The van der Waals surface area contributed by atoms with Gasteiger partial charge in [0.05, 0.1) is 0 Å². The van der Waals surface area contributed by atoms with Gasteiger partial charge in [0, 0.05) is 0 Å². The smallest absolute Gasteiger partial charge is 0.147 e. The first-order valence-electron chi connectivity index (χ1n) is 4.05. The van der Waals surface area contributed by atoms with Crippen molar-refractivity contribution in [1.29, 1.82) is 0 Å². The quantitative estimate of drug-likeness (QED) is 0.584. The topological polar surface area (TPSA) is 0 Å². The minimum Gasteiger partial charge on any atom is -0.147 e. The van der Waals surface area contributed by atoms with Crippen LogP contribution in [0.2, 0.25) is 19.6 Å². The second-order valence-electron chi connectivity index (χ2n) is 4.18. The molecule has 0 amide bonds. The second-order valence-corrected chi connectivity index (χ2v) is 11.4. The first kappa shape index (κ1) is 16.6. The molecule has 0 aromatic carbocycles. The third kappa shape index (κ3) is 4.02. The van der Waals surface area contributed by atoms with E-state index in [1.807, 2.05) is 0 Å². The summed E-state index contributed by atoms with van der Waals surface area (Å²) >= 11 is 1.26. The minimum atomic E-state index is -1.00. The molecule has 0 unspecified atom stereocenters. The maximum atomic E-state index is 2.46. The summed E-state index contributed by atoms with van der Waals surface area (Å²) in [5, 5.41) is 1.71. The molecule has 1 aliphatic rings. The number of allylic oxidation sites excluding steroid dienone is 4. The zero-order chi connectivity index (χ0) is 8.65. The van der Waals surface area contributed by atoms with Gasteiger partial charge in [-0.1, -0.05) is 0 Å². The van der Waals surface area contributed by atoms with Crippen LogP contribution in [0.5, 0.6) is 0 Å². The van der Waals surface area contributed by atoms with E-state index in [9.17, 15) is 0 Å². The fraction of sp³-hybridized carbons (Fsp3) is 0.556. The first-order chi connectivity index (χ1) is 4.93. The fourth-order valence-corrected chi connectivity index (χ4v) is 4.83. The van der Waals surface area contributed by atoms with Gasteiger partial charge in [0.1, 0.15) is 0 Å². The Morgan fingerprint density at radius 1 is 1.23 bits per heavy atom. The summed E-state index contributed by atoms with van der Waals surface area (Å²) in [6.07, 6.45) is 3.72. The zero-order valence-corrected chi connectivity index (χ0v) is 14.8. The van der Waals surface area contributed by atoms with Crippen LogP contribution in [0, 0.1) is 0 Å². The molecule has 0 N–H and O–H groups in total. The summed E-state index contributed by atoms with van der Waals surface area (Å²) in [4.78, 5) is 0. The summed E-state index contributed by atoms with van der Waals surface area (Å²) < 4.78 is 1.71. The SMILES string of the molecule is CC1=[C]([Hf])CC=C1[Si](C)(C)C.Cl.Cl. The monoisotopic (exact) mass is 403 g/mol. The summed E-state index contributed by atoms with van der Waals surface area (Å²) in [5.41, 5.74) is 1.64. The molecule has 0 aromatic heterocycles. The minimum absolute atomic E-state index is 0. The van der Waals surface area contributed by atoms with Crippen LogP contribution in [0.25, 0.3) is 0 Å². The Hall–Kier alpha value is 1.15. The van der Waals surface area contributed by atoms with Crippen LogP contribution in [0.15, 0.2) is 20.2 Å². The Morgan fingerprint density at radius 2 is 1.69 bits per heavy atom. The van der Waals surface area contributed by atoms with E-state index in [4.69, 9.17) is 0 Å². The molecule has 0 aliphatic heterocycles. The number of hydrogen-bond donors (Lipinski definition) is 0. The largest absolute Gasteiger partial charge is 0.147 e. The van der Waals surface area contributed by atoms with Crippen LogP contribution in [-0.4, -0.2) is 8.07 Å².